The molecule has 0 atom stereocenters. The number of sulfonamides is 1. The van der Waals surface area contributed by atoms with Crippen molar-refractivity contribution in [2.45, 2.75) is 5.75 Å². The van der Waals surface area contributed by atoms with Gasteiger partial charge in [0.1, 0.15) is 0 Å². The van der Waals surface area contributed by atoms with Crippen molar-refractivity contribution in [3.8, 4) is 0 Å². The van der Waals surface area contributed by atoms with Crippen molar-refractivity contribution in [2.24, 2.45) is 0 Å². The van der Waals surface area contributed by atoms with E-state index in [0.29, 0.717) is 11.1 Å². The zero-order valence-corrected chi connectivity index (χ0v) is 12.9. The van der Waals surface area contributed by atoms with Crippen LogP contribution in [0.3, 0.4) is 0 Å². The van der Waals surface area contributed by atoms with Crippen LogP contribution in [-0.2, 0) is 20.5 Å². The highest BCUT2D eigenvalue weighted by Crippen LogP contribution is 2.16. The fraction of sp³-hybridized carbons (Fsp3) is 0.214. The number of aromatic nitrogens is 2. The summed E-state index contributed by atoms with van der Waals surface area (Å²) in [6.07, 6.45) is 4.26. The van der Waals surface area contributed by atoms with Gasteiger partial charge in [-0.05, 0) is 17.7 Å². The number of hydrogen-bond acceptors (Lipinski definition) is 6. The first-order valence-corrected chi connectivity index (χ1v) is 7.95. The number of methoxy groups -OCH3 is 1. The molecule has 116 valence electrons. The van der Waals surface area contributed by atoms with Gasteiger partial charge in [-0.15, -0.1) is 0 Å². The molecule has 0 aliphatic heterocycles. The third kappa shape index (κ3) is 3.59. The Hall–Kier alpha value is -2.48. The van der Waals surface area contributed by atoms with E-state index in [0.717, 1.165) is 4.31 Å². The second-order valence-electron chi connectivity index (χ2n) is 4.48. The quantitative estimate of drug-likeness (QED) is 0.770. The molecule has 0 radical (unpaired) electrons. The molecule has 8 heteroatoms. The second kappa shape index (κ2) is 6.52. The van der Waals surface area contributed by atoms with Crippen molar-refractivity contribution in [3.05, 3.63) is 54.0 Å². The normalized spacial score (nSPS) is 11.0. The van der Waals surface area contributed by atoms with Gasteiger partial charge in [0, 0.05) is 19.4 Å². The average Bonchev–Trinajstić information content (AvgIpc) is 2.54. The van der Waals surface area contributed by atoms with E-state index in [9.17, 15) is 13.2 Å². The number of hydrogen-bond donors (Lipinski definition) is 0. The lowest BCUT2D eigenvalue weighted by atomic mass is 10.1. The fourth-order valence-electron chi connectivity index (χ4n) is 1.76. The largest absolute Gasteiger partial charge is 0.465 e. The molecule has 0 aliphatic carbocycles. The Kier molecular flexibility index (Phi) is 4.71. The minimum atomic E-state index is -3.59. The van der Waals surface area contributed by atoms with Gasteiger partial charge in [0.25, 0.3) is 0 Å². The lowest BCUT2D eigenvalue weighted by Gasteiger charge is -2.17. The Morgan fingerprint density at radius 3 is 2.45 bits per heavy atom. The van der Waals surface area contributed by atoms with Gasteiger partial charge in [0.2, 0.25) is 10.0 Å². The molecule has 0 fully saturated rings. The van der Waals surface area contributed by atoms with E-state index in [1.807, 2.05) is 0 Å². The van der Waals surface area contributed by atoms with Gasteiger partial charge in [-0.3, -0.25) is 9.29 Å². The maximum Gasteiger partial charge on any atom is 0.337 e. The van der Waals surface area contributed by atoms with E-state index >= 15 is 0 Å². The summed E-state index contributed by atoms with van der Waals surface area (Å²) in [6, 6.07) is 6.21. The molecule has 0 bridgehead atoms. The van der Waals surface area contributed by atoms with Crippen molar-refractivity contribution in [1.29, 1.82) is 0 Å². The first-order chi connectivity index (χ1) is 10.4. The van der Waals surface area contributed by atoms with Crippen molar-refractivity contribution in [3.63, 3.8) is 0 Å². The molecule has 0 aliphatic rings. The van der Waals surface area contributed by atoms with E-state index in [-0.39, 0.29) is 11.6 Å². The van der Waals surface area contributed by atoms with Crippen molar-refractivity contribution < 1.29 is 17.9 Å². The van der Waals surface area contributed by atoms with Crippen LogP contribution in [0.5, 0.6) is 0 Å². The standard InChI is InChI=1S/C14H15N3O4S/c1-17(13-9-15-7-8-16-13)22(19,20)10-11-3-5-12(6-4-11)14(18)21-2/h3-9H,10H2,1-2H3. The third-order valence-corrected chi connectivity index (χ3v) is 4.73. The summed E-state index contributed by atoms with van der Waals surface area (Å²) in [5, 5.41) is 0. The van der Waals surface area contributed by atoms with E-state index in [4.69, 9.17) is 0 Å². The smallest absolute Gasteiger partial charge is 0.337 e. The monoisotopic (exact) mass is 321 g/mol. The SMILES string of the molecule is COC(=O)c1ccc(CS(=O)(=O)N(C)c2cnccn2)cc1. The molecule has 0 amide bonds. The van der Waals surface area contributed by atoms with Gasteiger partial charge in [0.15, 0.2) is 5.82 Å². The summed E-state index contributed by atoms with van der Waals surface area (Å²) in [6.45, 7) is 0. The van der Waals surface area contributed by atoms with Gasteiger partial charge in [-0.2, -0.15) is 0 Å². The maximum atomic E-state index is 12.3. The molecule has 0 saturated heterocycles. The van der Waals surface area contributed by atoms with Crippen LogP contribution in [0, 0.1) is 0 Å². The highest BCUT2D eigenvalue weighted by Gasteiger charge is 2.20. The summed E-state index contributed by atoms with van der Waals surface area (Å²) in [5.74, 6) is -0.429. The molecule has 1 aromatic carbocycles. The van der Waals surface area contributed by atoms with Crippen molar-refractivity contribution >= 4 is 21.8 Å². The summed E-state index contributed by atoms with van der Waals surface area (Å²) < 4.78 is 30.4. The third-order valence-electron chi connectivity index (χ3n) is 3.01. The Bertz CT molecular complexity index is 745. The molecule has 0 N–H and O–H groups in total. The number of ether oxygens (including phenoxy) is 1. The van der Waals surface area contributed by atoms with Crippen LogP contribution in [0.15, 0.2) is 42.9 Å². The predicted octanol–water partition coefficient (Wildman–Crippen LogP) is 1.23. The summed E-state index contributed by atoms with van der Waals surface area (Å²) in [5.41, 5.74) is 0.925. The number of nitrogens with zero attached hydrogens (tertiary/aromatic N) is 3. The minimum Gasteiger partial charge on any atom is -0.465 e. The van der Waals surface area contributed by atoms with Crippen LogP contribution in [0.4, 0.5) is 5.82 Å². The Labute approximate surface area is 128 Å². The molecule has 1 aromatic heterocycles. The highest BCUT2D eigenvalue weighted by molar-refractivity contribution is 7.92. The van der Waals surface area contributed by atoms with Gasteiger partial charge in [-0.1, -0.05) is 12.1 Å². The molecule has 0 spiro atoms. The highest BCUT2D eigenvalue weighted by atomic mass is 32.2. The fourth-order valence-corrected chi connectivity index (χ4v) is 2.95. The summed E-state index contributed by atoms with van der Waals surface area (Å²) in [4.78, 5) is 19.1. The minimum absolute atomic E-state index is 0.207. The van der Waals surface area contributed by atoms with Crippen LogP contribution in [0.25, 0.3) is 0 Å². The molecule has 0 saturated carbocycles. The number of benzene rings is 1. The van der Waals surface area contributed by atoms with Crippen LogP contribution in [-0.4, -0.2) is 38.5 Å². The molecular formula is C14H15N3O4S. The Balaban J connectivity index is 2.17. The van der Waals surface area contributed by atoms with Crippen LogP contribution < -0.4 is 4.31 Å². The van der Waals surface area contributed by atoms with Crippen molar-refractivity contribution in [2.75, 3.05) is 18.5 Å². The lowest BCUT2D eigenvalue weighted by Crippen LogP contribution is -2.28. The van der Waals surface area contributed by atoms with E-state index in [1.165, 1.54) is 44.9 Å². The average molecular weight is 321 g/mol. The molecule has 7 nitrogen and oxygen atoms in total. The van der Waals surface area contributed by atoms with E-state index in [2.05, 4.69) is 14.7 Å². The first kappa shape index (κ1) is 15.9. The molecule has 2 aromatic rings. The number of esters is 1. The summed E-state index contributed by atoms with van der Waals surface area (Å²) >= 11 is 0. The molecular weight excluding hydrogens is 306 g/mol. The second-order valence-corrected chi connectivity index (χ2v) is 6.48. The lowest BCUT2D eigenvalue weighted by molar-refractivity contribution is 0.0600. The molecule has 22 heavy (non-hydrogen) atoms. The van der Waals surface area contributed by atoms with Gasteiger partial charge in [0.05, 0.1) is 24.6 Å². The van der Waals surface area contributed by atoms with Gasteiger partial charge < -0.3 is 4.74 Å². The molecule has 0 unspecified atom stereocenters. The number of carbonyl (C=O) groups excluding carboxylic acids is 1. The van der Waals surface area contributed by atoms with Crippen LogP contribution in [0.1, 0.15) is 15.9 Å². The van der Waals surface area contributed by atoms with Crippen molar-refractivity contribution in [1.82, 2.24) is 9.97 Å². The molecule has 2 rings (SSSR count). The predicted molar refractivity (Wildman–Crippen MR) is 80.8 cm³/mol. The van der Waals surface area contributed by atoms with E-state index in [1.54, 1.807) is 12.1 Å². The van der Waals surface area contributed by atoms with E-state index < -0.39 is 16.0 Å². The van der Waals surface area contributed by atoms with Crippen LogP contribution in [0.2, 0.25) is 0 Å². The summed E-state index contributed by atoms with van der Waals surface area (Å²) in [7, 11) is -0.883. The zero-order chi connectivity index (χ0) is 16.2. The Morgan fingerprint density at radius 2 is 1.91 bits per heavy atom. The maximum absolute atomic E-state index is 12.3. The van der Waals surface area contributed by atoms with Crippen LogP contribution >= 0.6 is 0 Å². The Morgan fingerprint density at radius 1 is 1.23 bits per heavy atom. The number of carbonyl (C=O) groups is 1. The van der Waals surface area contributed by atoms with Gasteiger partial charge in [-0.25, -0.2) is 18.2 Å². The van der Waals surface area contributed by atoms with Gasteiger partial charge >= 0.3 is 5.97 Å². The number of rotatable bonds is 5. The zero-order valence-electron chi connectivity index (χ0n) is 12.1. The first-order valence-electron chi connectivity index (χ1n) is 6.34. The number of anilines is 1. The molecule has 1 heterocycles. The topological polar surface area (TPSA) is 89.5 Å².